The average Bonchev–Trinajstić information content (AvgIpc) is 2.77. The molecule has 0 aliphatic heterocycles. The van der Waals surface area contributed by atoms with Crippen LogP contribution in [0.3, 0.4) is 0 Å². The summed E-state index contributed by atoms with van der Waals surface area (Å²) in [7, 11) is 0. The lowest BCUT2D eigenvalue weighted by atomic mass is 9.91. The van der Waals surface area contributed by atoms with E-state index < -0.39 is 6.10 Å². The van der Waals surface area contributed by atoms with Gasteiger partial charge in [-0.2, -0.15) is 0 Å². The highest BCUT2D eigenvalue weighted by atomic mass is 16.3. The minimum atomic E-state index is -0.533. The molecular formula is C29H44O. The average molecular weight is 409 g/mol. The van der Waals surface area contributed by atoms with E-state index in [-0.39, 0.29) is 0 Å². The molecule has 0 heterocycles. The fraction of sp³-hybridized carbons (Fsp3) is 0.586. The molecule has 0 aliphatic rings. The van der Waals surface area contributed by atoms with Gasteiger partial charge in [-0.15, -0.1) is 0 Å². The number of aliphatic hydroxyl groups excluding tert-OH is 1. The van der Waals surface area contributed by atoms with Gasteiger partial charge in [0.25, 0.3) is 0 Å². The van der Waals surface area contributed by atoms with Gasteiger partial charge in [0, 0.05) is 0 Å². The predicted molar refractivity (Wildman–Crippen MR) is 131 cm³/mol. The number of aryl methyl sites for hydroxylation is 4. The van der Waals surface area contributed by atoms with Gasteiger partial charge in [0.15, 0.2) is 0 Å². The van der Waals surface area contributed by atoms with Crippen molar-refractivity contribution >= 4 is 0 Å². The van der Waals surface area contributed by atoms with Crippen molar-refractivity contribution in [1.29, 1.82) is 0 Å². The van der Waals surface area contributed by atoms with Crippen molar-refractivity contribution < 1.29 is 5.11 Å². The van der Waals surface area contributed by atoms with Crippen molar-refractivity contribution in [2.24, 2.45) is 0 Å². The second kappa shape index (κ2) is 13.7. The zero-order valence-electron chi connectivity index (χ0n) is 20.0. The molecule has 30 heavy (non-hydrogen) atoms. The van der Waals surface area contributed by atoms with E-state index in [0.717, 1.165) is 36.8 Å². The molecule has 166 valence electrons. The van der Waals surface area contributed by atoms with Crippen LogP contribution >= 0.6 is 0 Å². The van der Waals surface area contributed by atoms with Crippen molar-refractivity contribution in [2.75, 3.05) is 0 Å². The van der Waals surface area contributed by atoms with E-state index >= 15 is 0 Å². The van der Waals surface area contributed by atoms with E-state index in [2.05, 4.69) is 64.1 Å². The summed E-state index contributed by atoms with van der Waals surface area (Å²) >= 11 is 0. The maximum atomic E-state index is 11.4. The van der Waals surface area contributed by atoms with Gasteiger partial charge in [-0.25, -0.2) is 0 Å². The second-order valence-electron chi connectivity index (χ2n) is 8.98. The van der Waals surface area contributed by atoms with Crippen LogP contribution in [0.2, 0.25) is 0 Å². The Balaban J connectivity index is 2.36. The first-order valence-electron chi connectivity index (χ1n) is 12.5. The summed E-state index contributed by atoms with van der Waals surface area (Å²) in [6.45, 7) is 8.99. The van der Waals surface area contributed by atoms with Gasteiger partial charge in [-0.05, 0) is 84.7 Å². The maximum Gasteiger partial charge on any atom is 0.104 e. The van der Waals surface area contributed by atoms with E-state index in [0.29, 0.717) is 0 Å². The van der Waals surface area contributed by atoms with Crippen LogP contribution in [-0.4, -0.2) is 5.11 Å². The molecule has 0 fully saturated rings. The summed E-state index contributed by atoms with van der Waals surface area (Å²) in [6, 6.07) is 13.7. The molecule has 1 nitrogen and oxygen atoms in total. The largest absolute Gasteiger partial charge is 0.384 e. The fourth-order valence-electron chi connectivity index (χ4n) is 4.19. The van der Waals surface area contributed by atoms with Crippen molar-refractivity contribution in [1.82, 2.24) is 0 Å². The highest BCUT2D eigenvalue weighted by Gasteiger charge is 2.15. The minimum absolute atomic E-state index is 0.533. The number of benzene rings is 2. The summed E-state index contributed by atoms with van der Waals surface area (Å²) in [4.78, 5) is 0. The summed E-state index contributed by atoms with van der Waals surface area (Å²) in [5.74, 6) is 0. The number of aliphatic hydroxyl groups is 1. The third-order valence-electron chi connectivity index (χ3n) is 6.06. The van der Waals surface area contributed by atoms with Crippen LogP contribution in [0.1, 0.15) is 119 Å². The number of unbranched alkanes of at least 4 members (excludes halogenated alkanes) is 4. The lowest BCUT2D eigenvalue weighted by molar-refractivity contribution is 0.220. The van der Waals surface area contributed by atoms with Crippen LogP contribution in [-0.2, 0) is 25.7 Å². The first-order chi connectivity index (χ1) is 14.6. The normalized spacial score (nSPS) is 11.4. The molecule has 0 saturated carbocycles. The second-order valence-corrected chi connectivity index (χ2v) is 8.98. The van der Waals surface area contributed by atoms with Crippen molar-refractivity contribution in [3.8, 4) is 0 Å². The molecule has 2 aromatic carbocycles. The summed E-state index contributed by atoms with van der Waals surface area (Å²) in [6.07, 6.45) is 13.5. The van der Waals surface area contributed by atoms with Gasteiger partial charge in [0.05, 0.1) is 0 Å². The highest BCUT2D eigenvalue weighted by molar-refractivity contribution is 5.40. The molecule has 0 unspecified atom stereocenters. The lowest BCUT2D eigenvalue weighted by Gasteiger charge is -2.18. The van der Waals surface area contributed by atoms with Crippen LogP contribution in [0.25, 0.3) is 0 Å². The molecule has 0 radical (unpaired) electrons. The van der Waals surface area contributed by atoms with Crippen LogP contribution in [0.4, 0.5) is 0 Å². The predicted octanol–water partition coefficient (Wildman–Crippen LogP) is 8.14. The van der Waals surface area contributed by atoms with Crippen molar-refractivity contribution in [2.45, 2.75) is 111 Å². The van der Waals surface area contributed by atoms with Crippen LogP contribution in [0.5, 0.6) is 0 Å². The number of hydrogen-bond donors (Lipinski definition) is 1. The van der Waals surface area contributed by atoms with E-state index in [9.17, 15) is 5.11 Å². The molecule has 2 aromatic rings. The zero-order valence-corrected chi connectivity index (χ0v) is 20.0. The molecule has 1 heteroatoms. The van der Waals surface area contributed by atoms with E-state index in [4.69, 9.17) is 0 Å². The first kappa shape index (κ1) is 24.7. The van der Waals surface area contributed by atoms with Crippen molar-refractivity contribution in [3.63, 3.8) is 0 Å². The monoisotopic (exact) mass is 408 g/mol. The smallest absolute Gasteiger partial charge is 0.104 e. The Hall–Kier alpha value is -1.60. The Morgan fingerprint density at radius 1 is 0.500 bits per heavy atom. The molecular weight excluding hydrogens is 364 g/mol. The number of hydrogen-bond acceptors (Lipinski definition) is 1. The molecule has 0 bridgehead atoms. The number of rotatable bonds is 14. The minimum Gasteiger partial charge on any atom is -0.384 e. The van der Waals surface area contributed by atoms with Crippen molar-refractivity contribution in [3.05, 3.63) is 69.8 Å². The van der Waals surface area contributed by atoms with Crippen LogP contribution in [0, 0.1) is 0 Å². The third-order valence-corrected chi connectivity index (χ3v) is 6.06. The van der Waals surface area contributed by atoms with Gasteiger partial charge in [0.1, 0.15) is 6.10 Å². The van der Waals surface area contributed by atoms with Gasteiger partial charge in [-0.1, -0.05) is 89.8 Å². The quantitative estimate of drug-likeness (QED) is 0.334. The van der Waals surface area contributed by atoms with E-state index in [1.807, 2.05) is 0 Å². The van der Waals surface area contributed by atoms with Crippen LogP contribution < -0.4 is 0 Å². The standard InChI is InChI=1S/C29H44O/c1-5-9-13-23-17-24(14-10-6-2)20-27(19-23)29(30)28-21-25(15-11-7-3)18-26(22-28)16-12-8-4/h17-22,29-30H,5-16H2,1-4H3. The van der Waals surface area contributed by atoms with E-state index in [1.165, 1.54) is 73.6 Å². The summed E-state index contributed by atoms with van der Waals surface area (Å²) in [5.41, 5.74) is 7.67. The summed E-state index contributed by atoms with van der Waals surface area (Å²) in [5, 5.41) is 11.4. The van der Waals surface area contributed by atoms with E-state index in [1.54, 1.807) is 0 Å². The van der Waals surface area contributed by atoms with Gasteiger partial charge in [0.2, 0.25) is 0 Å². The molecule has 2 rings (SSSR count). The van der Waals surface area contributed by atoms with Gasteiger partial charge in [-0.3, -0.25) is 0 Å². The Kier molecular flexibility index (Phi) is 11.2. The molecule has 0 aliphatic carbocycles. The van der Waals surface area contributed by atoms with Crippen LogP contribution in [0.15, 0.2) is 36.4 Å². The Bertz CT molecular complexity index is 630. The Morgan fingerprint density at radius 2 is 0.767 bits per heavy atom. The third kappa shape index (κ3) is 7.91. The van der Waals surface area contributed by atoms with Gasteiger partial charge >= 0.3 is 0 Å². The molecule has 0 saturated heterocycles. The lowest BCUT2D eigenvalue weighted by Crippen LogP contribution is -2.05. The molecule has 0 spiro atoms. The Morgan fingerprint density at radius 3 is 1.00 bits per heavy atom. The topological polar surface area (TPSA) is 20.2 Å². The van der Waals surface area contributed by atoms with Gasteiger partial charge < -0.3 is 5.11 Å². The maximum absolute atomic E-state index is 11.4. The fourth-order valence-corrected chi connectivity index (χ4v) is 4.19. The zero-order chi connectivity index (χ0) is 21.8. The molecule has 0 amide bonds. The molecule has 0 aromatic heterocycles. The molecule has 0 atom stereocenters. The summed E-state index contributed by atoms with van der Waals surface area (Å²) < 4.78 is 0. The Labute approximate surface area is 185 Å². The molecule has 1 N–H and O–H groups in total. The highest BCUT2D eigenvalue weighted by Crippen LogP contribution is 2.28. The first-order valence-corrected chi connectivity index (χ1v) is 12.5. The SMILES string of the molecule is CCCCc1cc(CCCC)cc(C(O)c2cc(CCCC)cc(CCCC)c2)c1.